The Kier molecular flexibility index (Phi) is 2.60. The van der Waals surface area contributed by atoms with Gasteiger partial charge in [-0.1, -0.05) is 20.3 Å². The third-order valence-corrected chi connectivity index (χ3v) is 5.68. The monoisotopic (exact) mass is 220 g/mol. The standard InChI is InChI=1S/C15H24O/c1-9-5-13(6-10(2)15(9)16)14-8-11-3-4-12(14)7-11/h9-14H,3-8H2,1-2H3/t9-,10-,11+,12+,14+/m1/s1. The molecule has 90 valence electrons. The van der Waals surface area contributed by atoms with E-state index >= 15 is 0 Å². The summed E-state index contributed by atoms with van der Waals surface area (Å²) in [5.41, 5.74) is 0. The van der Waals surface area contributed by atoms with Crippen molar-refractivity contribution in [2.24, 2.45) is 35.5 Å². The number of carbonyl (C=O) groups excluding carboxylic acids is 1. The fraction of sp³-hybridized carbons (Fsp3) is 0.933. The van der Waals surface area contributed by atoms with Crippen LogP contribution in [0.4, 0.5) is 0 Å². The van der Waals surface area contributed by atoms with Crippen molar-refractivity contribution in [3.05, 3.63) is 0 Å². The minimum atomic E-state index is 0.341. The molecule has 0 saturated heterocycles. The van der Waals surface area contributed by atoms with E-state index in [-0.39, 0.29) is 0 Å². The Labute approximate surface area is 99.0 Å². The first kappa shape index (κ1) is 10.8. The zero-order chi connectivity index (χ0) is 11.3. The molecule has 5 atom stereocenters. The van der Waals surface area contributed by atoms with E-state index in [1.54, 1.807) is 0 Å². The largest absolute Gasteiger partial charge is 0.299 e. The van der Waals surface area contributed by atoms with Crippen LogP contribution >= 0.6 is 0 Å². The minimum Gasteiger partial charge on any atom is -0.299 e. The lowest BCUT2D eigenvalue weighted by Gasteiger charge is -2.37. The second kappa shape index (κ2) is 3.85. The number of ketones is 1. The summed E-state index contributed by atoms with van der Waals surface area (Å²) in [7, 11) is 0. The number of Topliss-reactive ketones (excluding diaryl/α,β-unsaturated/α-hetero) is 1. The molecule has 0 aromatic carbocycles. The van der Waals surface area contributed by atoms with Crippen LogP contribution < -0.4 is 0 Å². The van der Waals surface area contributed by atoms with Gasteiger partial charge in [0.1, 0.15) is 5.78 Å². The molecule has 0 radical (unpaired) electrons. The van der Waals surface area contributed by atoms with Gasteiger partial charge in [-0.05, 0) is 55.8 Å². The first-order valence-electron chi connectivity index (χ1n) is 7.19. The Morgan fingerprint density at radius 1 is 0.875 bits per heavy atom. The molecule has 0 heterocycles. The van der Waals surface area contributed by atoms with Crippen LogP contribution in [0.1, 0.15) is 52.4 Å². The van der Waals surface area contributed by atoms with E-state index in [9.17, 15) is 4.79 Å². The lowest BCUT2D eigenvalue weighted by atomic mass is 9.67. The van der Waals surface area contributed by atoms with E-state index in [0.717, 1.165) is 23.7 Å². The highest BCUT2D eigenvalue weighted by Gasteiger charge is 2.45. The van der Waals surface area contributed by atoms with Crippen LogP contribution in [0.2, 0.25) is 0 Å². The van der Waals surface area contributed by atoms with E-state index in [2.05, 4.69) is 13.8 Å². The molecule has 0 aromatic heterocycles. The first-order chi connectivity index (χ1) is 7.65. The van der Waals surface area contributed by atoms with Crippen LogP contribution in [0, 0.1) is 35.5 Å². The zero-order valence-corrected chi connectivity index (χ0v) is 10.6. The maximum Gasteiger partial charge on any atom is 0.138 e. The Bertz CT molecular complexity index is 282. The third kappa shape index (κ3) is 1.63. The molecule has 0 N–H and O–H groups in total. The van der Waals surface area contributed by atoms with Crippen molar-refractivity contribution in [1.29, 1.82) is 0 Å². The molecule has 3 aliphatic rings. The maximum absolute atomic E-state index is 11.8. The highest BCUT2D eigenvalue weighted by molar-refractivity contribution is 5.83. The van der Waals surface area contributed by atoms with Crippen molar-refractivity contribution in [3.63, 3.8) is 0 Å². The molecule has 0 amide bonds. The van der Waals surface area contributed by atoms with Crippen LogP contribution in [0.15, 0.2) is 0 Å². The highest BCUT2D eigenvalue weighted by Crippen LogP contribution is 2.54. The molecule has 0 spiro atoms. The summed E-state index contributed by atoms with van der Waals surface area (Å²) in [4.78, 5) is 11.8. The van der Waals surface area contributed by atoms with Gasteiger partial charge in [-0.15, -0.1) is 0 Å². The van der Waals surface area contributed by atoms with Gasteiger partial charge in [-0.2, -0.15) is 0 Å². The molecule has 1 heteroatoms. The molecule has 0 aliphatic heterocycles. The molecule has 3 aliphatic carbocycles. The summed E-state index contributed by atoms with van der Waals surface area (Å²) in [5.74, 6) is 5.15. The van der Waals surface area contributed by atoms with Gasteiger partial charge in [0.2, 0.25) is 0 Å². The van der Waals surface area contributed by atoms with Gasteiger partial charge in [-0.25, -0.2) is 0 Å². The third-order valence-electron chi connectivity index (χ3n) is 5.68. The quantitative estimate of drug-likeness (QED) is 0.659. The van der Waals surface area contributed by atoms with Crippen LogP contribution in [0.25, 0.3) is 0 Å². The van der Waals surface area contributed by atoms with Crippen molar-refractivity contribution in [2.75, 3.05) is 0 Å². The maximum atomic E-state index is 11.8. The SMILES string of the molecule is C[C@@H]1CC([C@H]2C[C@H]3CC[C@H]2C3)C[C@@H](C)C1=O. The summed E-state index contributed by atoms with van der Waals surface area (Å²) in [6.07, 6.45) is 8.37. The Morgan fingerprint density at radius 3 is 2.06 bits per heavy atom. The average molecular weight is 220 g/mol. The molecular formula is C15H24O. The Balaban J connectivity index is 1.69. The van der Waals surface area contributed by atoms with E-state index in [0.29, 0.717) is 17.6 Å². The van der Waals surface area contributed by atoms with Gasteiger partial charge in [0, 0.05) is 11.8 Å². The summed E-state index contributed by atoms with van der Waals surface area (Å²) in [6.45, 7) is 4.30. The summed E-state index contributed by atoms with van der Waals surface area (Å²) >= 11 is 0. The van der Waals surface area contributed by atoms with Crippen LogP contribution in [0.5, 0.6) is 0 Å². The molecule has 0 aromatic rings. The normalized spacial score (nSPS) is 52.2. The molecule has 2 bridgehead atoms. The molecule has 1 nitrogen and oxygen atoms in total. The first-order valence-corrected chi connectivity index (χ1v) is 7.19. The van der Waals surface area contributed by atoms with Gasteiger partial charge < -0.3 is 0 Å². The van der Waals surface area contributed by atoms with E-state index in [4.69, 9.17) is 0 Å². The van der Waals surface area contributed by atoms with Crippen LogP contribution in [-0.4, -0.2) is 5.78 Å². The number of hydrogen-bond donors (Lipinski definition) is 0. The number of fused-ring (bicyclic) bond motifs is 2. The predicted molar refractivity (Wildman–Crippen MR) is 65.0 cm³/mol. The van der Waals surface area contributed by atoms with Gasteiger partial charge in [0.15, 0.2) is 0 Å². The van der Waals surface area contributed by atoms with E-state index in [1.165, 1.54) is 38.5 Å². The molecule has 0 unspecified atom stereocenters. The zero-order valence-electron chi connectivity index (χ0n) is 10.6. The fourth-order valence-electron chi connectivity index (χ4n) is 4.94. The lowest BCUT2D eigenvalue weighted by Crippen LogP contribution is -2.34. The van der Waals surface area contributed by atoms with Gasteiger partial charge in [0.25, 0.3) is 0 Å². The minimum absolute atomic E-state index is 0.341. The molecule has 16 heavy (non-hydrogen) atoms. The molecular weight excluding hydrogens is 196 g/mol. The molecule has 3 rings (SSSR count). The topological polar surface area (TPSA) is 17.1 Å². The Hall–Kier alpha value is -0.330. The van der Waals surface area contributed by atoms with Crippen molar-refractivity contribution in [1.82, 2.24) is 0 Å². The lowest BCUT2D eigenvalue weighted by molar-refractivity contribution is -0.130. The number of carbonyl (C=O) groups is 1. The number of hydrogen-bond acceptors (Lipinski definition) is 1. The van der Waals surface area contributed by atoms with Gasteiger partial charge in [-0.3, -0.25) is 4.79 Å². The Morgan fingerprint density at radius 2 is 1.56 bits per heavy atom. The fourth-order valence-corrected chi connectivity index (χ4v) is 4.94. The van der Waals surface area contributed by atoms with Crippen molar-refractivity contribution in [2.45, 2.75) is 52.4 Å². The van der Waals surface area contributed by atoms with Crippen molar-refractivity contribution in [3.8, 4) is 0 Å². The highest BCUT2D eigenvalue weighted by atomic mass is 16.1. The average Bonchev–Trinajstić information content (AvgIpc) is 2.86. The molecule has 3 fully saturated rings. The second-order valence-electron chi connectivity index (χ2n) is 6.77. The summed E-state index contributed by atoms with van der Waals surface area (Å²) in [5, 5.41) is 0. The van der Waals surface area contributed by atoms with Crippen molar-refractivity contribution >= 4 is 5.78 Å². The van der Waals surface area contributed by atoms with Crippen LogP contribution in [0.3, 0.4) is 0 Å². The van der Waals surface area contributed by atoms with Crippen LogP contribution in [-0.2, 0) is 4.79 Å². The summed E-state index contributed by atoms with van der Waals surface area (Å²) < 4.78 is 0. The van der Waals surface area contributed by atoms with Gasteiger partial charge in [0.05, 0.1) is 0 Å². The summed E-state index contributed by atoms with van der Waals surface area (Å²) in [6, 6.07) is 0. The van der Waals surface area contributed by atoms with E-state index in [1.807, 2.05) is 0 Å². The number of rotatable bonds is 1. The van der Waals surface area contributed by atoms with Gasteiger partial charge >= 0.3 is 0 Å². The van der Waals surface area contributed by atoms with E-state index < -0.39 is 0 Å². The smallest absolute Gasteiger partial charge is 0.138 e. The van der Waals surface area contributed by atoms with Crippen molar-refractivity contribution < 1.29 is 4.79 Å². The second-order valence-corrected chi connectivity index (χ2v) is 6.77. The molecule has 3 saturated carbocycles. The predicted octanol–water partition coefficient (Wildman–Crippen LogP) is 3.67.